The molecule has 0 saturated carbocycles. The summed E-state index contributed by atoms with van der Waals surface area (Å²) in [5.41, 5.74) is 0.918. The number of anilines is 1. The molecule has 0 radical (unpaired) electrons. The Kier molecular flexibility index (Phi) is 4.86. The summed E-state index contributed by atoms with van der Waals surface area (Å²) in [5, 5.41) is 9.60. The summed E-state index contributed by atoms with van der Waals surface area (Å²) in [4.78, 5) is 26.0. The van der Waals surface area contributed by atoms with E-state index in [1.165, 1.54) is 4.90 Å². The summed E-state index contributed by atoms with van der Waals surface area (Å²) < 4.78 is 5.45. The van der Waals surface area contributed by atoms with E-state index in [2.05, 4.69) is 0 Å². The molecule has 0 saturated heterocycles. The maximum Gasteiger partial charge on any atom is 0.414 e. The van der Waals surface area contributed by atoms with Crippen molar-refractivity contribution in [2.75, 3.05) is 18.1 Å². The first kappa shape index (κ1) is 16.5. The Labute approximate surface area is 130 Å². The first-order chi connectivity index (χ1) is 10.3. The molecular weight excluding hydrogens is 282 g/mol. The van der Waals surface area contributed by atoms with Crippen LogP contribution >= 0.6 is 0 Å². The molecule has 1 amide bonds. The van der Waals surface area contributed by atoms with Crippen LogP contribution in [0.2, 0.25) is 0 Å². The number of Topliss-reactive ketones (excluding diaryl/α,β-unsaturated/α-hetero) is 1. The molecular formula is C17H23NO4. The van der Waals surface area contributed by atoms with Gasteiger partial charge in [-0.3, -0.25) is 9.69 Å². The fraction of sp³-hybridized carbons (Fsp3) is 0.529. The zero-order valence-corrected chi connectivity index (χ0v) is 13.3. The highest BCUT2D eigenvalue weighted by atomic mass is 16.6. The maximum atomic E-state index is 12.5. The van der Waals surface area contributed by atoms with E-state index in [9.17, 15) is 14.7 Å². The summed E-state index contributed by atoms with van der Waals surface area (Å²) in [7, 11) is 0. The fourth-order valence-corrected chi connectivity index (χ4v) is 2.59. The van der Waals surface area contributed by atoms with Crippen LogP contribution in [0.1, 0.15) is 45.1 Å². The van der Waals surface area contributed by atoms with Crippen molar-refractivity contribution in [2.45, 2.75) is 45.1 Å². The number of benzene rings is 1. The van der Waals surface area contributed by atoms with Crippen molar-refractivity contribution in [1.82, 2.24) is 0 Å². The molecule has 1 aromatic rings. The number of para-hydroxylation sites is 1. The SMILES string of the molecule is CC(C)(C)OC(=O)N1CCC(=O)CC(CO)c2ccccc21. The van der Waals surface area contributed by atoms with Crippen molar-refractivity contribution >= 4 is 17.6 Å². The van der Waals surface area contributed by atoms with Gasteiger partial charge >= 0.3 is 6.09 Å². The Balaban J connectivity index is 2.41. The summed E-state index contributed by atoms with van der Waals surface area (Å²) in [6.07, 6.45) is 0.103. The third-order valence-corrected chi connectivity index (χ3v) is 3.59. The second kappa shape index (κ2) is 6.48. The third-order valence-electron chi connectivity index (χ3n) is 3.59. The molecule has 0 spiro atoms. The molecule has 1 N–H and O–H groups in total. The molecule has 0 fully saturated rings. The third kappa shape index (κ3) is 3.85. The highest BCUT2D eigenvalue weighted by Crippen LogP contribution is 2.33. The number of hydrogen-bond acceptors (Lipinski definition) is 4. The number of aliphatic hydroxyl groups is 1. The smallest absolute Gasteiger partial charge is 0.414 e. The van der Waals surface area contributed by atoms with E-state index in [0.717, 1.165) is 5.56 Å². The fourth-order valence-electron chi connectivity index (χ4n) is 2.59. The lowest BCUT2D eigenvalue weighted by Gasteiger charge is -2.31. The standard InChI is InChI=1S/C17H23NO4/c1-17(2,3)22-16(21)18-9-8-13(20)10-12(11-19)14-6-4-5-7-15(14)18/h4-7,12,19H,8-11H2,1-3H3. The average molecular weight is 305 g/mol. The molecule has 120 valence electrons. The van der Waals surface area contributed by atoms with Gasteiger partial charge in [0.05, 0.1) is 12.3 Å². The number of carbonyl (C=O) groups excluding carboxylic acids is 2. The second-order valence-corrected chi connectivity index (χ2v) is 6.56. The van der Waals surface area contributed by atoms with Crippen molar-refractivity contribution in [2.24, 2.45) is 0 Å². The maximum absolute atomic E-state index is 12.5. The van der Waals surface area contributed by atoms with Gasteiger partial charge in [0, 0.05) is 25.3 Å². The number of fused-ring (bicyclic) bond motifs is 1. The zero-order valence-electron chi connectivity index (χ0n) is 13.3. The molecule has 0 aliphatic carbocycles. The van der Waals surface area contributed by atoms with Gasteiger partial charge in [-0.2, -0.15) is 0 Å². The van der Waals surface area contributed by atoms with Crippen LogP contribution in [0, 0.1) is 0 Å². The number of rotatable bonds is 1. The van der Waals surface area contributed by atoms with Gasteiger partial charge in [-0.05, 0) is 32.4 Å². The number of carbonyl (C=O) groups is 2. The molecule has 1 unspecified atom stereocenters. The molecule has 2 rings (SSSR count). The van der Waals surface area contributed by atoms with E-state index in [-0.39, 0.29) is 24.7 Å². The van der Waals surface area contributed by atoms with Crippen LogP contribution in [0.3, 0.4) is 0 Å². The zero-order chi connectivity index (χ0) is 16.3. The minimum Gasteiger partial charge on any atom is -0.443 e. The molecule has 0 aromatic heterocycles. The van der Waals surface area contributed by atoms with Crippen molar-refractivity contribution in [3.8, 4) is 0 Å². The first-order valence-electron chi connectivity index (χ1n) is 7.54. The van der Waals surface area contributed by atoms with Crippen LogP contribution in [-0.2, 0) is 9.53 Å². The monoisotopic (exact) mass is 305 g/mol. The van der Waals surface area contributed by atoms with Gasteiger partial charge in [0.15, 0.2) is 0 Å². The van der Waals surface area contributed by atoms with Gasteiger partial charge < -0.3 is 9.84 Å². The topological polar surface area (TPSA) is 66.8 Å². The predicted octanol–water partition coefficient (Wildman–Crippen LogP) is 2.87. The lowest BCUT2D eigenvalue weighted by atomic mass is 9.90. The largest absolute Gasteiger partial charge is 0.443 e. The summed E-state index contributed by atoms with van der Waals surface area (Å²) in [6, 6.07) is 7.37. The highest BCUT2D eigenvalue weighted by Gasteiger charge is 2.30. The molecule has 1 atom stereocenters. The van der Waals surface area contributed by atoms with E-state index in [0.29, 0.717) is 18.7 Å². The number of amides is 1. The minimum absolute atomic E-state index is 0.0436. The van der Waals surface area contributed by atoms with Gasteiger partial charge in [0.1, 0.15) is 11.4 Å². The lowest BCUT2D eigenvalue weighted by molar-refractivity contribution is -0.119. The Morgan fingerprint density at radius 3 is 2.68 bits per heavy atom. The van der Waals surface area contributed by atoms with Crippen molar-refractivity contribution in [3.05, 3.63) is 29.8 Å². The Bertz CT molecular complexity index is 562. The lowest BCUT2D eigenvalue weighted by Crippen LogP contribution is -2.40. The van der Waals surface area contributed by atoms with E-state index in [4.69, 9.17) is 4.74 Å². The normalized spacial score (nSPS) is 19.2. The Morgan fingerprint density at radius 2 is 2.05 bits per heavy atom. The molecule has 1 heterocycles. The quantitative estimate of drug-likeness (QED) is 0.866. The number of ketones is 1. The highest BCUT2D eigenvalue weighted by molar-refractivity contribution is 5.91. The molecule has 22 heavy (non-hydrogen) atoms. The summed E-state index contributed by atoms with van der Waals surface area (Å²) >= 11 is 0. The predicted molar refractivity (Wildman–Crippen MR) is 84.1 cm³/mol. The van der Waals surface area contributed by atoms with Crippen molar-refractivity contribution in [3.63, 3.8) is 0 Å². The number of nitrogens with zero attached hydrogens (tertiary/aromatic N) is 1. The van der Waals surface area contributed by atoms with Crippen LogP contribution in [0.4, 0.5) is 10.5 Å². The van der Waals surface area contributed by atoms with Gasteiger partial charge in [-0.15, -0.1) is 0 Å². The van der Waals surface area contributed by atoms with Gasteiger partial charge in [-0.1, -0.05) is 18.2 Å². The van der Waals surface area contributed by atoms with Crippen LogP contribution < -0.4 is 4.90 Å². The molecule has 1 aliphatic heterocycles. The van der Waals surface area contributed by atoms with Crippen LogP contribution in [-0.4, -0.2) is 35.7 Å². The molecule has 5 nitrogen and oxygen atoms in total. The first-order valence-corrected chi connectivity index (χ1v) is 7.54. The van der Waals surface area contributed by atoms with E-state index >= 15 is 0 Å². The Hall–Kier alpha value is -1.88. The van der Waals surface area contributed by atoms with E-state index in [1.807, 2.05) is 45.0 Å². The summed E-state index contributed by atoms with van der Waals surface area (Å²) in [6.45, 7) is 5.60. The van der Waals surface area contributed by atoms with Crippen molar-refractivity contribution in [1.29, 1.82) is 0 Å². The van der Waals surface area contributed by atoms with E-state index in [1.54, 1.807) is 0 Å². The molecule has 1 aliphatic rings. The Morgan fingerprint density at radius 1 is 1.36 bits per heavy atom. The average Bonchev–Trinajstić information content (AvgIpc) is 2.42. The molecule has 0 bridgehead atoms. The number of hydrogen-bond donors (Lipinski definition) is 1. The van der Waals surface area contributed by atoms with Crippen LogP contribution in [0.15, 0.2) is 24.3 Å². The minimum atomic E-state index is -0.602. The van der Waals surface area contributed by atoms with Crippen LogP contribution in [0.25, 0.3) is 0 Å². The van der Waals surface area contributed by atoms with Gasteiger partial charge in [0.2, 0.25) is 0 Å². The van der Waals surface area contributed by atoms with Crippen LogP contribution in [0.5, 0.6) is 0 Å². The molecule has 5 heteroatoms. The van der Waals surface area contributed by atoms with Crippen molar-refractivity contribution < 1.29 is 19.4 Å². The summed E-state index contributed by atoms with van der Waals surface area (Å²) in [5.74, 6) is -0.240. The number of ether oxygens (including phenoxy) is 1. The van der Waals surface area contributed by atoms with Gasteiger partial charge in [0.25, 0.3) is 0 Å². The number of aliphatic hydroxyl groups excluding tert-OH is 1. The molecule has 1 aromatic carbocycles. The second-order valence-electron chi connectivity index (χ2n) is 6.56. The van der Waals surface area contributed by atoms with E-state index < -0.39 is 11.7 Å². The van der Waals surface area contributed by atoms with Gasteiger partial charge in [-0.25, -0.2) is 4.79 Å².